The first-order valence-corrected chi connectivity index (χ1v) is 5.27. The van der Waals surface area contributed by atoms with E-state index in [0.29, 0.717) is 34.2 Å². The van der Waals surface area contributed by atoms with Crippen molar-refractivity contribution in [1.29, 1.82) is 0 Å². The van der Waals surface area contributed by atoms with Crippen LogP contribution in [0.3, 0.4) is 0 Å². The summed E-state index contributed by atoms with van der Waals surface area (Å²) >= 11 is 5.96. The molecule has 0 aliphatic carbocycles. The molecule has 88 valence electrons. The smallest absolute Gasteiger partial charge is 0.163 e. The largest absolute Gasteiger partial charge is 0.491 e. The number of halogens is 1. The van der Waals surface area contributed by atoms with Gasteiger partial charge < -0.3 is 4.74 Å². The SMILES string of the molecule is CCOc1c(C(C)=O)cc(Cl)c(C)c1NO. The number of hydrogen-bond acceptors (Lipinski definition) is 4. The van der Waals surface area contributed by atoms with Gasteiger partial charge in [0.1, 0.15) is 5.69 Å². The molecule has 0 atom stereocenters. The number of carbonyl (C=O) groups excluding carboxylic acids is 1. The average molecular weight is 244 g/mol. The summed E-state index contributed by atoms with van der Waals surface area (Å²) < 4.78 is 5.35. The number of anilines is 1. The monoisotopic (exact) mass is 243 g/mol. The highest BCUT2D eigenvalue weighted by atomic mass is 35.5. The van der Waals surface area contributed by atoms with Crippen molar-refractivity contribution in [2.75, 3.05) is 12.1 Å². The molecule has 1 aromatic carbocycles. The number of nitrogens with one attached hydrogen (secondary N) is 1. The molecule has 5 heteroatoms. The standard InChI is InChI=1S/C11H14ClNO3/c1-4-16-11-8(7(3)14)5-9(12)6(2)10(11)13-15/h5,13,15H,4H2,1-3H3. The van der Waals surface area contributed by atoms with Crippen molar-refractivity contribution < 1.29 is 14.7 Å². The summed E-state index contributed by atoms with van der Waals surface area (Å²) in [5.74, 6) is 0.168. The molecule has 0 fully saturated rings. The Morgan fingerprint density at radius 3 is 2.69 bits per heavy atom. The normalized spacial score (nSPS) is 10.1. The lowest BCUT2D eigenvalue weighted by molar-refractivity contribution is 0.101. The molecule has 0 radical (unpaired) electrons. The summed E-state index contributed by atoms with van der Waals surface area (Å²) in [7, 11) is 0. The lowest BCUT2D eigenvalue weighted by Crippen LogP contribution is -2.06. The van der Waals surface area contributed by atoms with Gasteiger partial charge in [0.05, 0.1) is 12.2 Å². The van der Waals surface area contributed by atoms with Gasteiger partial charge in [0.2, 0.25) is 0 Å². The fourth-order valence-corrected chi connectivity index (χ4v) is 1.62. The van der Waals surface area contributed by atoms with Crippen molar-refractivity contribution in [3.8, 4) is 5.75 Å². The van der Waals surface area contributed by atoms with E-state index in [2.05, 4.69) is 0 Å². The second-order valence-corrected chi connectivity index (χ2v) is 3.74. The Kier molecular flexibility index (Phi) is 4.15. The van der Waals surface area contributed by atoms with E-state index in [0.717, 1.165) is 0 Å². The van der Waals surface area contributed by atoms with Crippen molar-refractivity contribution in [1.82, 2.24) is 0 Å². The maximum atomic E-state index is 11.4. The number of rotatable bonds is 4. The number of ether oxygens (including phenoxy) is 1. The predicted molar refractivity (Wildman–Crippen MR) is 62.8 cm³/mol. The van der Waals surface area contributed by atoms with E-state index in [-0.39, 0.29) is 5.78 Å². The molecule has 2 N–H and O–H groups in total. The van der Waals surface area contributed by atoms with Crippen molar-refractivity contribution in [3.05, 3.63) is 22.2 Å². The van der Waals surface area contributed by atoms with Crippen LogP contribution in [0.4, 0.5) is 5.69 Å². The molecule has 0 unspecified atom stereocenters. The quantitative estimate of drug-likeness (QED) is 0.630. The van der Waals surface area contributed by atoms with Crippen LogP contribution >= 0.6 is 11.6 Å². The highest BCUT2D eigenvalue weighted by Gasteiger charge is 2.18. The third-order valence-corrected chi connectivity index (χ3v) is 2.65. The Hall–Kier alpha value is -1.26. The van der Waals surface area contributed by atoms with E-state index in [9.17, 15) is 4.79 Å². The zero-order valence-corrected chi connectivity index (χ0v) is 10.2. The van der Waals surface area contributed by atoms with Gasteiger partial charge in [-0.3, -0.25) is 15.5 Å². The van der Waals surface area contributed by atoms with E-state index in [1.165, 1.54) is 6.92 Å². The molecule has 0 amide bonds. The zero-order chi connectivity index (χ0) is 12.3. The highest BCUT2D eigenvalue weighted by molar-refractivity contribution is 6.32. The molecular weight excluding hydrogens is 230 g/mol. The first-order valence-electron chi connectivity index (χ1n) is 4.89. The van der Waals surface area contributed by atoms with Gasteiger partial charge in [-0.1, -0.05) is 11.6 Å². The van der Waals surface area contributed by atoms with Crippen LogP contribution in [-0.4, -0.2) is 17.6 Å². The molecule has 0 saturated carbocycles. The fourth-order valence-electron chi connectivity index (χ4n) is 1.42. The Labute approximate surface area is 99.1 Å². The van der Waals surface area contributed by atoms with E-state index < -0.39 is 0 Å². The van der Waals surface area contributed by atoms with Crippen molar-refractivity contribution in [2.45, 2.75) is 20.8 Å². The van der Waals surface area contributed by atoms with E-state index in [4.69, 9.17) is 21.5 Å². The molecule has 1 aromatic rings. The van der Waals surface area contributed by atoms with Gasteiger partial charge in [0.25, 0.3) is 0 Å². The first kappa shape index (κ1) is 12.8. The maximum Gasteiger partial charge on any atom is 0.163 e. The van der Waals surface area contributed by atoms with Crippen molar-refractivity contribution >= 4 is 23.1 Å². The van der Waals surface area contributed by atoms with Crippen LogP contribution in [0.2, 0.25) is 5.02 Å². The minimum absolute atomic E-state index is 0.165. The van der Waals surface area contributed by atoms with Crippen LogP contribution < -0.4 is 10.2 Å². The van der Waals surface area contributed by atoms with Crippen LogP contribution in [0.1, 0.15) is 29.8 Å². The zero-order valence-electron chi connectivity index (χ0n) is 9.43. The Morgan fingerprint density at radius 1 is 1.62 bits per heavy atom. The van der Waals surface area contributed by atoms with Crippen LogP contribution in [0.15, 0.2) is 6.07 Å². The molecule has 4 nitrogen and oxygen atoms in total. The van der Waals surface area contributed by atoms with Crippen LogP contribution in [0.5, 0.6) is 5.75 Å². The predicted octanol–water partition coefficient (Wildman–Crippen LogP) is 3.05. The molecule has 16 heavy (non-hydrogen) atoms. The molecule has 0 aromatic heterocycles. The molecule has 1 rings (SSSR count). The third-order valence-electron chi connectivity index (χ3n) is 2.26. The summed E-state index contributed by atoms with van der Waals surface area (Å²) in [6.45, 7) is 5.35. The van der Waals surface area contributed by atoms with Gasteiger partial charge in [0, 0.05) is 5.02 Å². The second kappa shape index (κ2) is 5.18. The Morgan fingerprint density at radius 2 is 2.25 bits per heavy atom. The van der Waals surface area contributed by atoms with Crippen LogP contribution in [-0.2, 0) is 0 Å². The number of Topliss-reactive ketones (excluding diaryl/α,β-unsaturated/α-hetero) is 1. The molecule has 0 heterocycles. The van der Waals surface area contributed by atoms with Gasteiger partial charge in [-0.25, -0.2) is 0 Å². The number of ketones is 1. The lowest BCUT2D eigenvalue weighted by Gasteiger charge is -2.16. The van der Waals surface area contributed by atoms with Gasteiger partial charge in [-0.2, -0.15) is 0 Å². The minimum atomic E-state index is -0.165. The number of benzene rings is 1. The summed E-state index contributed by atoms with van der Waals surface area (Å²) in [4.78, 5) is 11.4. The van der Waals surface area contributed by atoms with E-state index in [1.54, 1.807) is 19.9 Å². The first-order chi connectivity index (χ1) is 7.52. The molecule has 0 spiro atoms. The Balaban J connectivity index is 3.49. The van der Waals surface area contributed by atoms with Gasteiger partial charge in [-0.05, 0) is 32.4 Å². The highest BCUT2D eigenvalue weighted by Crippen LogP contribution is 2.37. The average Bonchev–Trinajstić information content (AvgIpc) is 2.23. The molecule has 0 bridgehead atoms. The van der Waals surface area contributed by atoms with Gasteiger partial charge in [-0.15, -0.1) is 0 Å². The molecule has 0 saturated heterocycles. The van der Waals surface area contributed by atoms with Crippen molar-refractivity contribution in [3.63, 3.8) is 0 Å². The van der Waals surface area contributed by atoms with Gasteiger partial charge in [0.15, 0.2) is 11.5 Å². The van der Waals surface area contributed by atoms with Crippen molar-refractivity contribution in [2.24, 2.45) is 0 Å². The van der Waals surface area contributed by atoms with Gasteiger partial charge >= 0.3 is 0 Å². The summed E-state index contributed by atoms with van der Waals surface area (Å²) in [5, 5.41) is 9.46. The Bertz CT molecular complexity index is 418. The molecule has 0 aliphatic heterocycles. The summed E-state index contributed by atoms with van der Waals surface area (Å²) in [5.41, 5.74) is 3.35. The summed E-state index contributed by atoms with van der Waals surface area (Å²) in [6, 6.07) is 1.55. The minimum Gasteiger partial charge on any atom is -0.491 e. The maximum absolute atomic E-state index is 11.4. The molecule has 0 aliphatic rings. The fraction of sp³-hybridized carbons (Fsp3) is 0.364. The summed E-state index contributed by atoms with van der Waals surface area (Å²) in [6.07, 6.45) is 0. The van der Waals surface area contributed by atoms with E-state index in [1.807, 2.05) is 5.48 Å². The topological polar surface area (TPSA) is 58.6 Å². The van der Waals surface area contributed by atoms with E-state index >= 15 is 0 Å². The number of hydrogen-bond donors (Lipinski definition) is 2. The number of carbonyl (C=O) groups is 1. The lowest BCUT2D eigenvalue weighted by atomic mass is 10.1. The second-order valence-electron chi connectivity index (χ2n) is 3.34. The van der Waals surface area contributed by atoms with Crippen LogP contribution in [0, 0.1) is 6.92 Å². The third kappa shape index (κ3) is 2.28. The van der Waals surface area contributed by atoms with Crippen LogP contribution in [0.25, 0.3) is 0 Å². The molecular formula is C11H14ClNO3.